The Balaban J connectivity index is 2.34. The molecule has 1 aliphatic heterocycles. The molecule has 0 saturated carbocycles. The highest BCUT2D eigenvalue weighted by Gasteiger charge is 2.46. The molecule has 1 fully saturated rings. The van der Waals surface area contributed by atoms with E-state index in [-0.39, 0.29) is 19.4 Å². The number of carbonyl (C=O) groups excluding carboxylic acids is 2. The smallest absolute Gasteiger partial charge is 0.306 e. The highest BCUT2D eigenvalue weighted by Crippen LogP contribution is 2.24. The van der Waals surface area contributed by atoms with Crippen molar-refractivity contribution in [2.45, 2.75) is 282 Å². The van der Waals surface area contributed by atoms with Gasteiger partial charge in [-0.2, -0.15) is 8.42 Å². The molecule has 0 aliphatic carbocycles. The minimum atomic E-state index is -4.60. The predicted octanol–water partition coefficient (Wildman–Crippen LogP) is 12.3. The van der Waals surface area contributed by atoms with Crippen LogP contribution in [0.1, 0.15) is 245 Å². The molecule has 0 amide bonds. The van der Waals surface area contributed by atoms with Crippen molar-refractivity contribution in [3.63, 3.8) is 0 Å². The number of aliphatic hydroxyl groups excluding tert-OH is 3. The van der Waals surface area contributed by atoms with Gasteiger partial charge in [-0.05, 0) is 44.9 Å². The first-order valence-electron chi connectivity index (χ1n) is 26.9. The molecular weight excluding hydrogens is 861 g/mol. The SMILES string of the molecule is CCCCC/C=C\C/C=C\CCCCCCCCCCCC(=O)OC(COC(=O)CCCCCCCCCCCCCCCCCCCCC)COC1OC(CS(=O)(=O)O)C(O)C(O)C1O. The molecule has 1 saturated heterocycles. The van der Waals surface area contributed by atoms with E-state index in [1.807, 2.05) is 0 Å². The average Bonchev–Trinajstić information content (AvgIpc) is 3.28. The molecular formula is C53H98O12S. The molecule has 0 bridgehead atoms. The molecule has 1 aliphatic rings. The van der Waals surface area contributed by atoms with Crippen molar-refractivity contribution in [3.05, 3.63) is 24.3 Å². The van der Waals surface area contributed by atoms with Gasteiger partial charge in [-0.15, -0.1) is 0 Å². The number of ether oxygens (including phenoxy) is 4. The molecule has 0 radical (unpaired) electrons. The molecule has 6 atom stereocenters. The van der Waals surface area contributed by atoms with Crippen LogP contribution in [-0.2, 0) is 38.7 Å². The summed E-state index contributed by atoms with van der Waals surface area (Å²) in [5, 5.41) is 31.0. The third-order valence-corrected chi connectivity index (χ3v) is 13.3. The Labute approximate surface area is 402 Å². The second-order valence-electron chi connectivity index (χ2n) is 18.9. The number of carbonyl (C=O) groups is 2. The highest BCUT2D eigenvalue weighted by atomic mass is 32.2. The predicted molar refractivity (Wildman–Crippen MR) is 266 cm³/mol. The fourth-order valence-electron chi connectivity index (χ4n) is 8.36. The molecule has 12 nitrogen and oxygen atoms in total. The monoisotopic (exact) mass is 959 g/mol. The van der Waals surface area contributed by atoms with Crippen LogP contribution in [0.4, 0.5) is 0 Å². The summed E-state index contributed by atoms with van der Waals surface area (Å²) in [5.41, 5.74) is 0. The maximum atomic E-state index is 12.9. The van der Waals surface area contributed by atoms with Crippen LogP contribution in [-0.4, -0.2) is 96.0 Å². The second kappa shape index (κ2) is 43.2. The second-order valence-corrected chi connectivity index (χ2v) is 20.4. The maximum absolute atomic E-state index is 12.9. The van der Waals surface area contributed by atoms with Gasteiger partial charge in [-0.25, -0.2) is 0 Å². The van der Waals surface area contributed by atoms with Crippen molar-refractivity contribution in [1.29, 1.82) is 0 Å². The van der Waals surface area contributed by atoms with Gasteiger partial charge in [-0.1, -0.05) is 212 Å². The Hall–Kier alpha value is -1.87. The van der Waals surface area contributed by atoms with E-state index in [2.05, 4.69) is 38.2 Å². The molecule has 0 spiro atoms. The van der Waals surface area contributed by atoms with E-state index in [0.717, 1.165) is 51.4 Å². The van der Waals surface area contributed by atoms with E-state index in [1.54, 1.807) is 0 Å². The van der Waals surface area contributed by atoms with Gasteiger partial charge >= 0.3 is 11.9 Å². The summed E-state index contributed by atoms with van der Waals surface area (Å²) in [7, 11) is -4.60. The first-order chi connectivity index (χ1) is 32.0. The van der Waals surface area contributed by atoms with E-state index < -0.39 is 71.2 Å². The van der Waals surface area contributed by atoms with Crippen LogP contribution < -0.4 is 0 Å². The number of rotatable bonds is 46. The molecule has 1 heterocycles. The normalized spacial score (nSPS) is 19.5. The number of hydrogen-bond acceptors (Lipinski definition) is 11. The fraction of sp³-hybridized carbons (Fsp3) is 0.887. The van der Waals surface area contributed by atoms with Gasteiger partial charge in [0, 0.05) is 12.8 Å². The lowest BCUT2D eigenvalue weighted by Gasteiger charge is -2.40. The molecule has 1 rings (SSSR count). The zero-order chi connectivity index (χ0) is 48.4. The Kier molecular flexibility index (Phi) is 40.7. The molecule has 0 aromatic carbocycles. The van der Waals surface area contributed by atoms with Gasteiger partial charge in [-0.3, -0.25) is 14.1 Å². The molecule has 13 heteroatoms. The van der Waals surface area contributed by atoms with E-state index in [0.29, 0.717) is 12.8 Å². The van der Waals surface area contributed by atoms with Crippen LogP contribution in [0.15, 0.2) is 24.3 Å². The summed E-state index contributed by atoms with van der Waals surface area (Å²) in [6.45, 7) is 3.78. The quantitative estimate of drug-likeness (QED) is 0.0196. The number of esters is 2. The minimum Gasteiger partial charge on any atom is -0.462 e. The molecule has 6 unspecified atom stereocenters. The third kappa shape index (κ3) is 37.1. The Morgan fingerprint density at radius 3 is 1.36 bits per heavy atom. The van der Waals surface area contributed by atoms with Gasteiger partial charge < -0.3 is 34.3 Å². The summed E-state index contributed by atoms with van der Waals surface area (Å²) in [5.74, 6) is -1.97. The maximum Gasteiger partial charge on any atom is 0.306 e. The van der Waals surface area contributed by atoms with Gasteiger partial charge in [0.15, 0.2) is 12.4 Å². The van der Waals surface area contributed by atoms with Gasteiger partial charge in [0.1, 0.15) is 36.8 Å². The van der Waals surface area contributed by atoms with Crippen LogP contribution in [0, 0.1) is 0 Å². The lowest BCUT2D eigenvalue weighted by molar-refractivity contribution is -0.297. The largest absolute Gasteiger partial charge is 0.462 e. The van der Waals surface area contributed by atoms with Crippen molar-refractivity contribution >= 4 is 22.1 Å². The number of hydrogen-bond donors (Lipinski definition) is 4. The van der Waals surface area contributed by atoms with Crippen molar-refractivity contribution in [3.8, 4) is 0 Å². The summed E-state index contributed by atoms with van der Waals surface area (Å²) in [6.07, 6.45) is 40.7. The average molecular weight is 959 g/mol. The zero-order valence-corrected chi connectivity index (χ0v) is 42.6. The van der Waals surface area contributed by atoms with Gasteiger partial charge in [0.2, 0.25) is 0 Å². The van der Waals surface area contributed by atoms with Crippen molar-refractivity contribution in [2.24, 2.45) is 0 Å². The van der Waals surface area contributed by atoms with Crippen LogP contribution in [0.5, 0.6) is 0 Å². The molecule has 66 heavy (non-hydrogen) atoms. The zero-order valence-electron chi connectivity index (χ0n) is 41.8. The lowest BCUT2D eigenvalue weighted by atomic mass is 10.00. The summed E-state index contributed by atoms with van der Waals surface area (Å²) < 4.78 is 54.3. The summed E-state index contributed by atoms with van der Waals surface area (Å²) in [6, 6.07) is 0. The molecule has 0 aromatic heterocycles. The Bertz CT molecular complexity index is 1310. The topological polar surface area (TPSA) is 186 Å². The van der Waals surface area contributed by atoms with Crippen molar-refractivity contribution < 1.29 is 56.8 Å². The van der Waals surface area contributed by atoms with Crippen LogP contribution >= 0.6 is 0 Å². The van der Waals surface area contributed by atoms with E-state index in [9.17, 15) is 37.9 Å². The fourth-order valence-corrected chi connectivity index (χ4v) is 9.05. The van der Waals surface area contributed by atoms with E-state index in [4.69, 9.17) is 18.9 Å². The first-order valence-corrected chi connectivity index (χ1v) is 28.5. The summed E-state index contributed by atoms with van der Waals surface area (Å²) >= 11 is 0. The number of allylic oxidation sites excluding steroid dienone is 4. The summed E-state index contributed by atoms with van der Waals surface area (Å²) in [4.78, 5) is 25.6. The first kappa shape index (κ1) is 62.1. The number of aliphatic hydroxyl groups is 3. The van der Waals surface area contributed by atoms with Gasteiger partial charge in [0.05, 0.1) is 6.61 Å². The van der Waals surface area contributed by atoms with Crippen LogP contribution in [0.25, 0.3) is 0 Å². The van der Waals surface area contributed by atoms with Gasteiger partial charge in [0.25, 0.3) is 10.1 Å². The van der Waals surface area contributed by atoms with E-state index in [1.165, 1.54) is 154 Å². The van der Waals surface area contributed by atoms with Crippen molar-refractivity contribution in [1.82, 2.24) is 0 Å². The third-order valence-electron chi connectivity index (χ3n) is 12.5. The molecule has 4 N–H and O–H groups in total. The lowest BCUT2D eigenvalue weighted by Crippen LogP contribution is -2.60. The van der Waals surface area contributed by atoms with Crippen LogP contribution in [0.3, 0.4) is 0 Å². The number of unbranched alkanes of at least 4 members (excludes halogenated alkanes) is 30. The van der Waals surface area contributed by atoms with Crippen LogP contribution in [0.2, 0.25) is 0 Å². The highest BCUT2D eigenvalue weighted by molar-refractivity contribution is 7.85. The standard InChI is InChI=1S/C53H98O12S/c1-3-5-7-9-11-13-15-17-19-21-23-25-27-29-31-33-35-37-39-41-48(54)62-43-46(44-63-53-52(58)51(57)50(56)47(65-53)45-66(59,60)61)64-49(55)42-40-38-36-34-32-30-28-26-24-22-20-18-16-14-12-10-8-6-4-2/h12,14,18,20,46-47,50-53,56-58H,3-11,13,15-17,19,21-45H2,1-2H3,(H,59,60,61)/b14-12-,20-18-. The minimum absolute atomic E-state index is 0.163. The Morgan fingerprint density at radius 2 is 0.909 bits per heavy atom. The molecule has 388 valence electrons. The molecule has 0 aromatic rings. The van der Waals surface area contributed by atoms with Crippen molar-refractivity contribution in [2.75, 3.05) is 19.0 Å². The van der Waals surface area contributed by atoms with E-state index >= 15 is 0 Å². The Morgan fingerprint density at radius 1 is 0.515 bits per heavy atom.